The molecule has 2 saturated heterocycles. The molecule has 0 aliphatic carbocycles. The molecule has 3 aromatic rings. The molecule has 0 bridgehead atoms. The van der Waals surface area contributed by atoms with Crippen molar-refractivity contribution in [1.29, 1.82) is 0 Å². The van der Waals surface area contributed by atoms with Crippen molar-refractivity contribution in [2.45, 2.75) is 23.9 Å². The van der Waals surface area contributed by atoms with Crippen LogP contribution in [-0.4, -0.2) is 110 Å². The minimum atomic E-state index is -3.96. The van der Waals surface area contributed by atoms with Gasteiger partial charge in [-0.3, -0.25) is 15.0 Å². The Balaban J connectivity index is 1.27. The van der Waals surface area contributed by atoms with Gasteiger partial charge in [-0.05, 0) is 42.1 Å². The third-order valence-corrected chi connectivity index (χ3v) is 10.9. The largest absolute Gasteiger partial charge is 0.379 e. The van der Waals surface area contributed by atoms with Crippen molar-refractivity contribution in [2.75, 3.05) is 59.5 Å². The number of thiazole rings is 1. The first-order valence-corrected chi connectivity index (χ1v) is 16.1. The Morgan fingerprint density at radius 2 is 1.80 bits per heavy atom. The fraction of sp³-hybridized carbons (Fsp3) is 0.444. The lowest BCUT2D eigenvalue weighted by atomic mass is 10.1. The lowest BCUT2D eigenvalue weighted by Gasteiger charge is -2.40. The summed E-state index contributed by atoms with van der Waals surface area (Å²) in [5.74, 6) is -0.789. The molecule has 0 saturated carbocycles. The van der Waals surface area contributed by atoms with Crippen LogP contribution in [0.3, 0.4) is 0 Å². The van der Waals surface area contributed by atoms with E-state index in [9.17, 15) is 18.0 Å². The van der Waals surface area contributed by atoms with Gasteiger partial charge in [0.25, 0.3) is 11.8 Å². The summed E-state index contributed by atoms with van der Waals surface area (Å²) >= 11 is 7.44. The normalized spacial score (nSPS) is 21.1. The van der Waals surface area contributed by atoms with Crippen molar-refractivity contribution in [3.63, 3.8) is 0 Å². The number of likely N-dealkylation sites (N-methyl/N-ethyl adjacent to an activating group) is 1. The number of rotatable bonds is 5. The molecule has 4 heterocycles. The van der Waals surface area contributed by atoms with E-state index < -0.39 is 22.0 Å². The number of amides is 2. The zero-order chi connectivity index (χ0) is 28.7. The fourth-order valence-electron chi connectivity index (χ4n) is 5.39. The molecular weight excluding hydrogens is 588 g/mol. The highest BCUT2D eigenvalue weighted by atomic mass is 35.5. The molecule has 14 heteroatoms. The first-order valence-electron chi connectivity index (χ1n) is 13.5. The number of halogens is 1. The molecule has 2 aromatic carbocycles. The molecule has 11 nitrogen and oxygen atoms in total. The van der Waals surface area contributed by atoms with Crippen LogP contribution in [0.5, 0.6) is 0 Å². The molecule has 1 N–H and O–H groups in total. The highest BCUT2D eigenvalue weighted by Gasteiger charge is 2.41. The fourth-order valence-corrected chi connectivity index (χ4v) is 8.19. The van der Waals surface area contributed by atoms with Gasteiger partial charge in [-0.1, -0.05) is 23.7 Å². The van der Waals surface area contributed by atoms with Crippen molar-refractivity contribution in [3.8, 4) is 0 Å². The van der Waals surface area contributed by atoms with Gasteiger partial charge in [0.2, 0.25) is 10.0 Å². The van der Waals surface area contributed by atoms with Gasteiger partial charge in [-0.15, -0.1) is 11.3 Å². The number of carbonyl (C=O) groups is 2. The molecule has 1 atom stereocenters. The number of hydrogen-bond donors (Lipinski definition) is 1. The first kappa shape index (κ1) is 28.5. The quantitative estimate of drug-likeness (QED) is 0.461. The van der Waals surface area contributed by atoms with Crippen LogP contribution in [0, 0.1) is 0 Å². The van der Waals surface area contributed by atoms with E-state index >= 15 is 0 Å². The van der Waals surface area contributed by atoms with Crippen LogP contribution >= 0.6 is 22.9 Å². The van der Waals surface area contributed by atoms with Crippen LogP contribution in [0.1, 0.15) is 20.4 Å². The van der Waals surface area contributed by atoms with Crippen LogP contribution < -0.4 is 5.43 Å². The maximum Gasteiger partial charge on any atom is 0.283 e. The monoisotopic (exact) mass is 618 g/mol. The van der Waals surface area contributed by atoms with Crippen LogP contribution in [0.2, 0.25) is 5.02 Å². The van der Waals surface area contributed by atoms with Crippen LogP contribution in [0.15, 0.2) is 41.3 Å². The molecule has 1 aromatic heterocycles. The Bertz CT molecular complexity index is 1590. The SMILES string of the molecule is CN1CCc2nc(C(=O)N3CCN(S(=O)(=O)c4ccc5cc(Cl)ccc5c4)CC3C(=O)NN3CCOCC3)sc2C1. The van der Waals surface area contributed by atoms with E-state index in [1.54, 1.807) is 41.4 Å². The zero-order valence-corrected chi connectivity index (χ0v) is 25.0. The molecule has 1 unspecified atom stereocenters. The Morgan fingerprint density at radius 3 is 2.61 bits per heavy atom. The van der Waals surface area contributed by atoms with Crippen molar-refractivity contribution in [3.05, 3.63) is 57.0 Å². The maximum absolute atomic E-state index is 13.8. The smallest absolute Gasteiger partial charge is 0.283 e. The minimum Gasteiger partial charge on any atom is -0.379 e. The summed E-state index contributed by atoms with van der Waals surface area (Å²) in [5.41, 5.74) is 3.80. The molecule has 0 spiro atoms. The zero-order valence-electron chi connectivity index (χ0n) is 22.6. The Kier molecular flexibility index (Phi) is 8.02. The van der Waals surface area contributed by atoms with Crippen molar-refractivity contribution < 1.29 is 22.7 Å². The average Bonchev–Trinajstić information content (AvgIpc) is 3.40. The Labute approximate surface area is 247 Å². The van der Waals surface area contributed by atoms with Gasteiger partial charge >= 0.3 is 0 Å². The number of piperazine rings is 1. The second-order valence-corrected chi connectivity index (χ2v) is 13.9. The van der Waals surface area contributed by atoms with Gasteiger partial charge in [0.05, 0.1) is 23.8 Å². The third kappa shape index (κ3) is 5.85. The number of ether oxygens (including phenoxy) is 1. The number of hydrogen-bond acceptors (Lipinski definition) is 9. The summed E-state index contributed by atoms with van der Waals surface area (Å²) in [6.45, 7) is 3.50. The highest BCUT2D eigenvalue weighted by molar-refractivity contribution is 7.89. The Hall–Kier alpha value is -2.65. The number of nitrogens with zero attached hydrogens (tertiary/aromatic N) is 5. The van der Waals surface area contributed by atoms with Crippen LogP contribution in [0.25, 0.3) is 10.8 Å². The van der Waals surface area contributed by atoms with Crippen molar-refractivity contribution >= 4 is 55.5 Å². The molecule has 6 rings (SSSR count). The predicted octanol–water partition coefficient (Wildman–Crippen LogP) is 1.82. The summed E-state index contributed by atoms with van der Waals surface area (Å²) in [7, 11) is -1.93. The van der Waals surface area contributed by atoms with Crippen LogP contribution in [-0.2, 0) is 32.5 Å². The second kappa shape index (κ2) is 11.6. The van der Waals surface area contributed by atoms with E-state index in [1.165, 1.54) is 20.5 Å². The van der Waals surface area contributed by atoms with Gasteiger partial charge in [0.15, 0.2) is 5.01 Å². The van der Waals surface area contributed by atoms with E-state index in [4.69, 9.17) is 16.3 Å². The lowest BCUT2D eigenvalue weighted by Crippen LogP contribution is -2.63. The molecule has 41 heavy (non-hydrogen) atoms. The number of nitrogens with one attached hydrogen (secondary N) is 1. The number of benzene rings is 2. The van der Waals surface area contributed by atoms with E-state index in [2.05, 4.69) is 15.3 Å². The number of morpholine rings is 1. The van der Waals surface area contributed by atoms with Gasteiger partial charge < -0.3 is 14.5 Å². The van der Waals surface area contributed by atoms with Crippen LogP contribution in [0.4, 0.5) is 0 Å². The number of hydrazine groups is 1. The predicted molar refractivity (Wildman–Crippen MR) is 155 cm³/mol. The highest BCUT2D eigenvalue weighted by Crippen LogP contribution is 2.29. The second-order valence-electron chi connectivity index (χ2n) is 10.5. The van der Waals surface area contributed by atoms with Gasteiger partial charge in [0.1, 0.15) is 6.04 Å². The van der Waals surface area contributed by atoms with Crippen molar-refractivity contribution in [2.24, 2.45) is 0 Å². The Morgan fingerprint density at radius 1 is 1.05 bits per heavy atom. The number of carbonyl (C=O) groups excluding carboxylic acids is 2. The first-order chi connectivity index (χ1) is 19.7. The maximum atomic E-state index is 13.8. The van der Waals surface area contributed by atoms with E-state index in [0.717, 1.165) is 40.9 Å². The van der Waals surface area contributed by atoms with E-state index in [-0.39, 0.29) is 30.4 Å². The number of aromatic nitrogens is 1. The molecule has 2 fully saturated rings. The topological polar surface area (TPSA) is 115 Å². The summed E-state index contributed by atoms with van der Waals surface area (Å²) in [6, 6.07) is 9.11. The lowest BCUT2D eigenvalue weighted by molar-refractivity contribution is -0.133. The molecule has 3 aliphatic rings. The number of fused-ring (bicyclic) bond motifs is 2. The molecule has 0 radical (unpaired) electrons. The summed E-state index contributed by atoms with van der Waals surface area (Å²) in [5, 5.41) is 4.21. The van der Waals surface area contributed by atoms with E-state index in [0.29, 0.717) is 36.3 Å². The molecule has 3 aliphatic heterocycles. The molecular formula is C27H31ClN6O5S2. The standard InChI is InChI=1S/C27H31ClN6O5S2/c1-31-7-6-22-24(17-31)40-26(29-22)27(36)34-9-8-33(16-23(34)25(35)30-32-10-12-39-13-11-32)41(37,38)21-5-3-18-14-20(28)4-2-19(18)15-21/h2-5,14-15,23H,6-13,16-17H2,1H3,(H,30,35). The van der Waals surface area contributed by atoms with Gasteiger partial charge in [-0.2, -0.15) is 4.31 Å². The summed E-state index contributed by atoms with van der Waals surface area (Å²) < 4.78 is 34.2. The van der Waals surface area contributed by atoms with Gasteiger partial charge in [0, 0.05) is 62.1 Å². The molecule has 2 amide bonds. The average molecular weight is 619 g/mol. The minimum absolute atomic E-state index is 0.0574. The third-order valence-electron chi connectivity index (χ3n) is 7.70. The summed E-state index contributed by atoms with van der Waals surface area (Å²) in [4.78, 5) is 36.8. The summed E-state index contributed by atoms with van der Waals surface area (Å²) in [6.07, 6.45) is 0.764. The number of sulfonamides is 1. The van der Waals surface area contributed by atoms with Crippen molar-refractivity contribution in [1.82, 2.24) is 29.5 Å². The van der Waals surface area contributed by atoms with Gasteiger partial charge in [-0.25, -0.2) is 18.4 Å². The molecule has 218 valence electrons. The van der Waals surface area contributed by atoms with E-state index in [1.807, 2.05) is 7.05 Å².